The molecule has 1 N–H and O–H groups in total. The molecule has 0 aromatic heterocycles. The van der Waals surface area contributed by atoms with E-state index in [1.807, 2.05) is 6.07 Å². The van der Waals surface area contributed by atoms with Gasteiger partial charge in [-0.1, -0.05) is 29.8 Å². The lowest BCUT2D eigenvalue weighted by atomic mass is 9.73. The first kappa shape index (κ1) is 16.3. The van der Waals surface area contributed by atoms with Crippen LogP contribution in [-0.4, -0.2) is 5.91 Å². The molecule has 0 saturated heterocycles. The van der Waals surface area contributed by atoms with Crippen LogP contribution in [0.5, 0.6) is 0 Å². The molecule has 24 heavy (non-hydrogen) atoms. The summed E-state index contributed by atoms with van der Waals surface area (Å²) in [6.45, 7) is 0. The molecule has 3 rings (SSSR count). The highest BCUT2D eigenvalue weighted by Gasteiger charge is 2.49. The molecule has 1 aliphatic heterocycles. The van der Waals surface area contributed by atoms with Crippen LogP contribution in [0.2, 0.25) is 5.02 Å². The first-order valence-corrected chi connectivity index (χ1v) is 7.33. The van der Waals surface area contributed by atoms with E-state index >= 15 is 0 Å². The highest BCUT2D eigenvalue weighted by Crippen LogP contribution is 2.47. The Labute approximate surface area is 140 Å². The fraction of sp³-hybridized carbons (Fsp3) is 0.176. The second-order valence-electron chi connectivity index (χ2n) is 5.46. The molecular formula is C17H10ClF3N2O. The van der Waals surface area contributed by atoms with E-state index in [0.717, 1.165) is 12.1 Å². The second-order valence-corrected chi connectivity index (χ2v) is 5.90. The van der Waals surface area contributed by atoms with Crippen LogP contribution in [0, 0.1) is 11.3 Å². The van der Waals surface area contributed by atoms with Crippen molar-refractivity contribution >= 4 is 23.2 Å². The number of nitrogens with zero attached hydrogens (tertiary/aromatic N) is 1. The maximum atomic E-state index is 12.9. The fourth-order valence-electron chi connectivity index (χ4n) is 2.98. The molecule has 122 valence electrons. The molecule has 0 radical (unpaired) electrons. The number of carbonyl (C=O) groups is 1. The Bertz CT molecular complexity index is 873. The molecule has 0 spiro atoms. The Kier molecular flexibility index (Phi) is 3.77. The van der Waals surface area contributed by atoms with E-state index in [2.05, 4.69) is 5.32 Å². The summed E-state index contributed by atoms with van der Waals surface area (Å²) in [5.41, 5.74) is -1.37. The SMILES string of the molecule is N#CCC1(c2cccc(Cl)c2)C(=O)Nc2cc(C(F)(F)F)ccc21. The van der Waals surface area contributed by atoms with Crippen molar-refractivity contribution in [2.45, 2.75) is 18.0 Å². The van der Waals surface area contributed by atoms with Gasteiger partial charge in [-0.3, -0.25) is 4.79 Å². The molecule has 3 nitrogen and oxygen atoms in total. The molecule has 0 saturated carbocycles. The number of carbonyl (C=O) groups excluding carboxylic acids is 1. The summed E-state index contributed by atoms with van der Waals surface area (Å²) in [6, 6.07) is 11.4. The third kappa shape index (κ3) is 2.42. The molecule has 1 amide bonds. The van der Waals surface area contributed by atoms with Gasteiger partial charge in [0.05, 0.1) is 18.1 Å². The molecule has 0 aliphatic carbocycles. The van der Waals surface area contributed by atoms with Crippen LogP contribution in [0.4, 0.5) is 18.9 Å². The molecule has 0 bridgehead atoms. The van der Waals surface area contributed by atoms with E-state index < -0.39 is 23.1 Å². The van der Waals surface area contributed by atoms with Crippen molar-refractivity contribution in [3.8, 4) is 6.07 Å². The second kappa shape index (κ2) is 5.53. The Morgan fingerprint density at radius 2 is 1.96 bits per heavy atom. The standard InChI is InChI=1S/C17H10ClF3N2O/c18-12-3-1-2-10(8-12)16(6-7-22)13-5-4-11(17(19,20)21)9-14(13)23-15(16)24/h1-5,8-9H,6H2,(H,23,24). The van der Waals surface area contributed by atoms with Crippen LogP contribution in [-0.2, 0) is 16.4 Å². The van der Waals surface area contributed by atoms with E-state index in [4.69, 9.17) is 11.6 Å². The molecule has 1 unspecified atom stereocenters. The van der Waals surface area contributed by atoms with E-state index in [0.29, 0.717) is 16.1 Å². The fourth-order valence-corrected chi connectivity index (χ4v) is 3.17. The van der Waals surface area contributed by atoms with Crippen molar-refractivity contribution < 1.29 is 18.0 Å². The quantitative estimate of drug-likeness (QED) is 0.866. The van der Waals surface area contributed by atoms with Crippen LogP contribution in [0.15, 0.2) is 42.5 Å². The summed E-state index contributed by atoms with van der Waals surface area (Å²) < 4.78 is 38.7. The van der Waals surface area contributed by atoms with Gasteiger partial charge in [-0.25, -0.2) is 0 Å². The molecule has 1 aliphatic rings. The largest absolute Gasteiger partial charge is 0.416 e. The van der Waals surface area contributed by atoms with Gasteiger partial charge >= 0.3 is 6.18 Å². The lowest BCUT2D eigenvalue weighted by Gasteiger charge is -2.25. The normalized spacial score (nSPS) is 19.5. The molecule has 0 fully saturated rings. The first-order chi connectivity index (χ1) is 11.3. The van der Waals surface area contributed by atoms with Crippen molar-refractivity contribution in [1.29, 1.82) is 5.26 Å². The molecule has 1 heterocycles. The number of hydrogen-bond acceptors (Lipinski definition) is 2. The highest BCUT2D eigenvalue weighted by molar-refractivity contribution is 6.30. The number of nitrogens with one attached hydrogen (secondary N) is 1. The van der Waals surface area contributed by atoms with Gasteiger partial charge < -0.3 is 5.32 Å². The van der Waals surface area contributed by atoms with E-state index in [1.54, 1.807) is 24.3 Å². The number of nitriles is 1. The number of benzene rings is 2. The van der Waals surface area contributed by atoms with Gasteiger partial charge in [-0.15, -0.1) is 0 Å². The summed E-state index contributed by atoms with van der Waals surface area (Å²) in [7, 11) is 0. The van der Waals surface area contributed by atoms with Gasteiger partial charge in [0, 0.05) is 10.7 Å². The Morgan fingerprint density at radius 1 is 1.21 bits per heavy atom. The summed E-state index contributed by atoms with van der Waals surface area (Å²) in [5, 5.41) is 12.1. The third-order valence-electron chi connectivity index (χ3n) is 4.10. The molecule has 2 aromatic rings. The number of halogens is 4. The zero-order valence-electron chi connectivity index (χ0n) is 12.1. The van der Waals surface area contributed by atoms with Crippen molar-refractivity contribution in [2.24, 2.45) is 0 Å². The molecule has 7 heteroatoms. The van der Waals surface area contributed by atoms with Crippen LogP contribution < -0.4 is 5.32 Å². The van der Waals surface area contributed by atoms with Crippen molar-refractivity contribution in [3.63, 3.8) is 0 Å². The van der Waals surface area contributed by atoms with Gasteiger partial charge in [0.15, 0.2) is 0 Å². The predicted octanol–water partition coefficient (Wildman–Crippen LogP) is 4.51. The van der Waals surface area contributed by atoms with Crippen LogP contribution in [0.1, 0.15) is 23.1 Å². The number of amides is 1. The number of fused-ring (bicyclic) bond motifs is 1. The molecule has 2 aromatic carbocycles. The number of alkyl halides is 3. The number of hydrogen-bond donors (Lipinski definition) is 1. The van der Waals surface area contributed by atoms with Crippen molar-refractivity contribution in [2.75, 3.05) is 5.32 Å². The average Bonchev–Trinajstić information content (AvgIpc) is 2.79. The minimum Gasteiger partial charge on any atom is -0.325 e. The summed E-state index contributed by atoms with van der Waals surface area (Å²) >= 11 is 5.98. The van der Waals surface area contributed by atoms with Gasteiger partial charge in [-0.2, -0.15) is 18.4 Å². The zero-order valence-corrected chi connectivity index (χ0v) is 12.9. The highest BCUT2D eigenvalue weighted by atomic mass is 35.5. The Hall–Kier alpha value is -2.52. The lowest BCUT2D eigenvalue weighted by Crippen LogP contribution is -2.35. The zero-order chi connectivity index (χ0) is 17.5. The van der Waals surface area contributed by atoms with Gasteiger partial charge in [0.1, 0.15) is 5.41 Å². The Balaban J connectivity index is 2.24. The van der Waals surface area contributed by atoms with E-state index in [1.165, 1.54) is 6.07 Å². The first-order valence-electron chi connectivity index (χ1n) is 6.95. The topological polar surface area (TPSA) is 52.9 Å². The van der Waals surface area contributed by atoms with Crippen molar-refractivity contribution in [1.82, 2.24) is 0 Å². The summed E-state index contributed by atoms with van der Waals surface area (Å²) in [6.07, 6.45) is -4.73. The average molecular weight is 351 g/mol. The maximum Gasteiger partial charge on any atom is 0.416 e. The maximum absolute atomic E-state index is 12.9. The minimum atomic E-state index is -4.52. The summed E-state index contributed by atoms with van der Waals surface area (Å²) in [5.74, 6) is -0.541. The molecular weight excluding hydrogens is 341 g/mol. The minimum absolute atomic E-state index is 0.0602. The lowest BCUT2D eigenvalue weighted by molar-refractivity contribution is -0.137. The van der Waals surface area contributed by atoms with E-state index in [-0.39, 0.29) is 12.1 Å². The van der Waals surface area contributed by atoms with Gasteiger partial charge in [-0.05, 0) is 35.4 Å². The summed E-state index contributed by atoms with van der Waals surface area (Å²) in [4.78, 5) is 12.6. The van der Waals surface area contributed by atoms with Crippen molar-refractivity contribution in [3.05, 3.63) is 64.2 Å². The van der Waals surface area contributed by atoms with Gasteiger partial charge in [0.2, 0.25) is 5.91 Å². The predicted molar refractivity (Wildman–Crippen MR) is 82.5 cm³/mol. The molecule has 1 atom stereocenters. The van der Waals surface area contributed by atoms with Gasteiger partial charge in [0.25, 0.3) is 0 Å². The van der Waals surface area contributed by atoms with Crippen LogP contribution in [0.3, 0.4) is 0 Å². The van der Waals surface area contributed by atoms with Crippen LogP contribution in [0.25, 0.3) is 0 Å². The monoisotopic (exact) mass is 350 g/mol. The number of rotatable bonds is 2. The third-order valence-corrected chi connectivity index (χ3v) is 4.34. The Morgan fingerprint density at radius 3 is 2.58 bits per heavy atom. The van der Waals surface area contributed by atoms with E-state index in [9.17, 15) is 23.2 Å². The number of anilines is 1. The van der Waals surface area contributed by atoms with Crippen LogP contribution >= 0.6 is 11.6 Å². The smallest absolute Gasteiger partial charge is 0.325 e.